The predicted octanol–water partition coefficient (Wildman–Crippen LogP) is 0.0459. The van der Waals surface area contributed by atoms with E-state index >= 15 is 0 Å². The molecule has 28 heavy (non-hydrogen) atoms. The van der Waals surface area contributed by atoms with Gasteiger partial charge in [0, 0.05) is 32.6 Å². The number of ether oxygens (including phenoxy) is 2. The van der Waals surface area contributed by atoms with Crippen molar-refractivity contribution in [2.45, 2.75) is 12.5 Å². The van der Waals surface area contributed by atoms with Crippen LogP contribution in [0.5, 0.6) is 5.75 Å². The van der Waals surface area contributed by atoms with Crippen molar-refractivity contribution in [2.75, 3.05) is 57.9 Å². The molecule has 1 aromatic rings. The molecule has 0 bridgehead atoms. The van der Waals surface area contributed by atoms with Crippen LogP contribution in [0, 0.1) is 0 Å². The van der Waals surface area contributed by atoms with Gasteiger partial charge in [-0.25, -0.2) is 0 Å². The number of hydrogen-bond donors (Lipinski definition) is 1. The van der Waals surface area contributed by atoms with Crippen LogP contribution < -0.4 is 9.64 Å². The van der Waals surface area contributed by atoms with E-state index in [9.17, 15) is 14.4 Å². The molecular formula is C19H25N3O6. The summed E-state index contributed by atoms with van der Waals surface area (Å²) >= 11 is 0. The number of aliphatic carboxylic acids is 1. The number of carbonyl (C=O) groups excluding carboxylic acids is 2. The van der Waals surface area contributed by atoms with Crippen molar-refractivity contribution in [3.63, 3.8) is 0 Å². The zero-order valence-electron chi connectivity index (χ0n) is 15.9. The molecular weight excluding hydrogens is 366 g/mol. The van der Waals surface area contributed by atoms with Crippen molar-refractivity contribution in [1.82, 2.24) is 9.80 Å². The Bertz CT molecular complexity index is 740. The molecule has 1 aromatic carbocycles. The number of rotatable bonds is 7. The summed E-state index contributed by atoms with van der Waals surface area (Å²) in [5.41, 5.74) is 0.682. The number of benzene rings is 1. The largest absolute Gasteiger partial charge is 0.482 e. The highest BCUT2D eigenvalue weighted by atomic mass is 16.5. The van der Waals surface area contributed by atoms with E-state index < -0.39 is 5.97 Å². The third-order valence-corrected chi connectivity index (χ3v) is 4.77. The number of carboxylic acids is 1. The first-order valence-corrected chi connectivity index (χ1v) is 9.26. The Kier molecular flexibility index (Phi) is 6.48. The quantitative estimate of drug-likeness (QED) is 0.701. The van der Waals surface area contributed by atoms with Crippen LogP contribution in [0.15, 0.2) is 24.3 Å². The Hall–Kier alpha value is -2.65. The monoisotopic (exact) mass is 391 g/mol. The summed E-state index contributed by atoms with van der Waals surface area (Å²) in [5, 5.41) is 8.85. The van der Waals surface area contributed by atoms with Gasteiger partial charge in [0.1, 0.15) is 5.75 Å². The summed E-state index contributed by atoms with van der Waals surface area (Å²) < 4.78 is 11.1. The number of carboxylic acid groups (broad SMARTS) is 1. The lowest BCUT2D eigenvalue weighted by Crippen LogP contribution is -2.50. The van der Waals surface area contributed by atoms with Gasteiger partial charge in [-0.15, -0.1) is 0 Å². The normalized spacial score (nSPS) is 19.4. The lowest BCUT2D eigenvalue weighted by Gasteiger charge is -2.35. The second kappa shape index (κ2) is 9.03. The van der Waals surface area contributed by atoms with Gasteiger partial charge in [0.15, 0.2) is 6.61 Å². The molecule has 3 rings (SSSR count). The van der Waals surface area contributed by atoms with Gasteiger partial charge in [0.25, 0.3) is 5.91 Å². The van der Waals surface area contributed by atoms with E-state index in [1.807, 2.05) is 12.1 Å². The van der Waals surface area contributed by atoms with Gasteiger partial charge >= 0.3 is 5.97 Å². The van der Waals surface area contributed by atoms with Gasteiger partial charge in [-0.2, -0.15) is 0 Å². The highest BCUT2D eigenvalue weighted by Gasteiger charge is 2.28. The number of hydrogen-bond acceptors (Lipinski definition) is 6. The lowest BCUT2D eigenvalue weighted by molar-refractivity contribution is -0.142. The van der Waals surface area contributed by atoms with Crippen LogP contribution in [0.3, 0.4) is 0 Å². The second-order valence-corrected chi connectivity index (χ2v) is 6.97. The van der Waals surface area contributed by atoms with E-state index in [4.69, 9.17) is 14.6 Å². The molecule has 1 saturated heterocycles. The molecule has 0 aliphatic carbocycles. The van der Waals surface area contributed by atoms with E-state index in [1.54, 1.807) is 33.9 Å². The van der Waals surface area contributed by atoms with E-state index in [1.165, 1.54) is 0 Å². The fourth-order valence-corrected chi connectivity index (χ4v) is 3.46. The summed E-state index contributed by atoms with van der Waals surface area (Å²) in [6.45, 7) is 1.94. The zero-order chi connectivity index (χ0) is 20.1. The van der Waals surface area contributed by atoms with Crippen LogP contribution in [0.1, 0.15) is 6.42 Å². The number of amides is 2. The Labute approximate surface area is 163 Å². The Morgan fingerprint density at radius 2 is 2.11 bits per heavy atom. The highest BCUT2D eigenvalue weighted by Crippen LogP contribution is 2.31. The fraction of sp³-hybridized carbons (Fsp3) is 0.526. The maximum absolute atomic E-state index is 12.7. The number of fused-ring (bicyclic) bond motifs is 1. The number of anilines is 1. The number of likely N-dealkylation sites (N-methyl/N-ethyl adjacent to an activating group) is 1. The molecule has 1 unspecified atom stereocenters. The summed E-state index contributed by atoms with van der Waals surface area (Å²) in [4.78, 5) is 40.6. The Balaban J connectivity index is 1.53. The molecule has 2 aliphatic heterocycles. The minimum absolute atomic E-state index is 0.0270. The molecule has 0 radical (unpaired) electrons. The summed E-state index contributed by atoms with van der Waals surface area (Å²) in [6.07, 6.45) is -0.0228. The average Bonchev–Trinajstić information content (AvgIpc) is 2.66. The third kappa shape index (κ3) is 4.99. The molecule has 152 valence electrons. The lowest BCUT2D eigenvalue weighted by atomic mass is 10.2. The summed E-state index contributed by atoms with van der Waals surface area (Å²) in [5.74, 6) is -0.475. The van der Waals surface area contributed by atoms with E-state index in [0.29, 0.717) is 44.2 Å². The number of para-hydroxylation sites is 2. The van der Waals surface area contributed by atoms with Gasteiger partial charge < -0.3 is 24.4 Å². The maximum Gasteiger partial charge on any atom is 0.317 e. The second-order valence-electron chi connectivity index (χ2n) is 6.97. The molecule has 0 aromatic heterocycles. The van der Waals surface area contributed by atoms with E-state index in [-0.39, 0.29) is 37.5 Å². The molecule has 1 fully saturated rings. The highest BCUT2D eigenvalue weighted by molar-refractivity contribution is 5.98. The number of carbonyl (C=O) groups is 3. The Morgan fingerprint density at radius 3 is 2.89 bits per heavy atom. The van der Waals surface area contributed by atoms with Crippen molar-refractivity contribution in [3.8, 4) is 5.75 Å². The van der Waals surface area contributed by atoms with Gasteiger partial charge in [0.2, 0.25) is 5.91 Å². The van der Waals surface area contributed by atoms with Crippen molar-refractivity contribution in [3.05, 3.63) is 24.3 Å². The van der Waals surface area contributed by atoms with Crippen LogP contribution in [0.4, 0.5) is 5.69 Å². The van der Waals surface area contributed by atoms with Crippen molar-refractivity contribution >= 4 is 23.5 Å². The first-order valence-electron chi connectivity index (χ1n) is 9.26. The van der Waals surface area contributed by atoms with Crippen LogP contribution >= 0.6 is 0 Å². The predicted molar refractivity (Wildman–Crippen MR) is 100 cm³/mol. The summed E-state index contributed by atoms with van der Waals surface area (Å²) in [6, 6.07) is 7.28. The maximum atomic E-state index is 12.7. The fourth-order valence-electron chi connectivity index (χ4n) is 3.46. The number of morpholine rings is 1. The first-order chi connectivity index (χ1) is 13.4. The average molecular weight is 391 g/mol. The van der Waals surface area contributed by atoms with Crippen molar-refractivity contribution in [2.24, 2.45) is 0 Å². The molecule has 0 saturated carbocycles. The zero-order valence-corrected chi connectivity index (χ0v) is 15.9. The van der Waals surface area contributed by atoms with Crippen LogP contribution in [0.2, 0.25) is 0 Å². The molecule has 2 heterocycles. The Morgan fingerprint density at radius 1 is 1.32 bits per heavy atom. The molecule has 2 aliphatic rings. The SMILES string of the molecule is CN(CC(=O)O)CC1CN(C(=O)CCN2C(=O)COc3ccccc32)CCO1. The minimum Gasteiger partial charge on any atom is -0.482 e. The molecule has 1 atom stereocenters. The number of nitrogens with zero attached hydrogens (tertiary/aromatic N) is 3. The molecule has 1 N–H and O–H groups in total. The van der Waals surface area contributed by atoms with Gasteiger partial charge in [-0.05, 0) is 19.2 Å². The van der Waals surface area contributed by atoms with Crippen molar-refractivity contribution < 1.29 is 29.0 Å². The van der Waals surface area contributed by atoms with E-state index in [0.717, 1.165) is 0 Å². The molecule has 0 spiro atoms. The minimum atomic E-state index is -0.901. The van der Waals surface area contributed by atoms with Crippen molar-refractivity contribution in [1.29, 1.82) is 0 Å². The molecule has 2 amide bonds. The van der Waals surface area contributed by atoms with Gasteiger partial charge in [0.05, 0.1) is 24.9 Å². The van der Waals surface area contributed by atoms with Crippen LogP contribution in [-0.4, -0.2) is 91.8 Å². The van der Waals surface area contributed by atoms with Gasteiger partial charge in [-0.1, -0.05) is 12.1 Å². The standard InChI is InChI=1S/C19H25N3O6/c1-20(12-19(25)26)10-14-11-21(8-9-27-14)17(23)6-7-22-15-4-2-3-5-16(15)28-13-18(22)24/h2-5,14H,6-13H2,1H3,(H,25,26). The first kappa shape index (κ1) is 20.1. The summed E-state index contributed by atoms with van der Waals surface area (Å²) in [7, 11) is 1.71. The smallest absolute Gasteiger partial charge is 0.317 e. The van der Waals surface area contributed by atoms with Crippen LogP contribution in [-0.2, 0) is 19.1 Å². The van der Waals surface area contributed by atoms with E-state index in [2.05, 4.69) is 0 Å². The third-order valence-electron chi connectivity index (χ3n) is 4.77. The topological polar surface area (TPSA) is 99.6 Å². The molecule has 9 heteroatoms. The van der Waals surface area contributed by atoms with Gasteiger partial charge in [-0.3, -0.25) is 19.3 Å². The molecule has 9 nitrogen and oxygen atoms in total. The van der Waals surface area contributed by atoms with Crippen LogP contribution in [0.25, 0.3) is 0 Å².